The smallest absolute Gasteiger partial charge is 0.305 e. The van der Waals surface area contributed by atoms with Crippen molar-refractivity contribution in [2.45, 2.75) is 309 Å². The molecule has 6 heteroatoms. The maximum atomic E-state index is 12.4. The monoisotopic (exact) mass is 900 g/mol. The number of esters is 1. The number of allylic oxidation sites excluding steroid dienone is 5. The largest absolute Gasteiger partial charge is 0.466 e. The molecule has 0 spiro atoms. The fourth-order valence-electron chi connectivity index (χ4n) is 8.55. The van der Waals surface area contributed by atoms with Crippen LogP contribution in [0.2, 0.25) is 0 Å². The Kier molecular flexibility index (Phi) is 52.1. The lowest BCUT2D eigenvalue weighted by Crippen LogP contribution is -2.45. The van der Waals surface area contributed by atoms with Crippen LogP contribution in [0.5, 0.6) is 0 Å². The third-order valence-corrected chi connectivity index (χ3v) is 12.9. The Bertz CT molecular complexity index is 1040. The molecule has 2 atom stereocenters. The zero-order valence-electron chi connectivity index (χ0n) is 42.8. The highest BCUT2D eigenvalue weighted by Gasteiger charge is 2.18. The molecular weight excluding hydrogens is 791 g/mol. The molecule has 64 heavy (non-hydrogen) atoms. The summed E-state index contributed by atoms with van der Waals surface area (Å²) >= 11 is 0. The summed E-state index contributed by atoms with van der Waals surface area (Å²) in [6.45, 7) is 4.85. The third kappa shape index (κ3) is 49.5. The topological polar surface area (TPSA) is 95.9 Å². The number of carbonyl (C=O) groups is 2. The number of rotatable bonds is 52. The van der Waals surface area contributed by atoms with E-state index in [1.807, 2.05) is 6.08 Å². The number of ether oxygens (including phenoxy) is 1. The van der Waals surface area contributed by atoms with Crippen LogP contribution in [0.1, 0.15) is 296 Å². The van der Waals surface area contributed by atoms with Crippen molar-refractivity contribution in [3.63, 3.8) is 0 Å². The molecule has 0 saturated carbocycles. The first-order chi connectivity index (χ1) is 31.5. The molecule has 0 aromatic rings. The van der Waals surface area contributed by atoms with E-state index in [9.17, 15) is 19.8 Å². The molecule has 0 saturated heterocycles. The van der Waals surface area contributed by atoms with Crippen LogP contribution in [-0.4, -0.2) is 47.4 Å². The van der Waals surface area contributed by atoms with Gasteiger partial charge in [0.25, 0.3) is 0 Å². The van der Waals surface area contributed by atoms with E-state index in [0.29, 0.717) is 19.4 Å². The molecule has 0 fully saturated rings. The first kappa shape index (κ1) is 62.1. The summed E-state index contributed by atoms with van der Waals surface area (Å²) in [5.74, 6) is -0.0704. The van der Waals surface area contributed by atoms with Gasteiger partial charge in [-0.05, 0) is 64.2 Å². The number of aliphatic hydroxyl groups is 2. The van der Waals surface area contributed by atoms with Gasteiger partial charge in [-0.3, -0.25) is 9.59 Å². The Morgan fingerprint density at radius 3 is 1.22 bits per heavy atom. The zero-order chi connectivity index (χ0) is 46.5. The molecular formula is C58H109NO5. The van der Waals surface area contributed by atoms with E-state index in [1.165, 1.54) is 218 Å². The van der Waals surface area contributed by atoms with E-state index in [-0.39, 0.29) is 18.5 Å². The summed E-state index contributed by atoms with van der Waals surface area (Å²) in [7, 11) is 0. The molecule has 0 aliphatic rings. The second-order valence-corrected chi connectivity index (χ2v) is 19.3. The highest BCUT2D eigenvalue weighted by atomic mass is 16.5. The van der Waals surface area contributed by atoms with Gasteiger partial charge in [0.05, 0.1) is 25.4 Å². The van der Waals surface area contributed by atoms with E-state index >= 15 is 0 Å². The molecule has 2 unspecified atom stereocenters. The standard InChI is InChI=1S/C58H109NO5/c1-3-5-7-9-11-13-15-16-17-22-26-29-32-36-40-44-48-52-58(63)64-53-49-45-41-37-33-30-27-24-21-19-18-20-23-25-28-31-35-39-43-47-51-57(62)59-55(54-60)56(61)50-46-42-38-34-14-12-10-8-6-4-2/h11,13,16-17,46,50,55-56,60-61H,3-10,12,14-15,18-45,47-49,51-54H2,1-2H3,(H,59,62)/b13-11-,17-16-,50-46+. The van der Waals surface area contributed by atoms with Crippen molar-refractivity contribution < 1.29 is 24.5 Å². The van der Waals surface area contributed by atoms with Crippen LogP contribution in [0.15, 0.2) is 36.5 Å². The number of hydrogen-bond donors (Lipinski definition) is 3. The van der Waals surface area contributed by atoms with Crippen molar-refractivity contribution in [3.05, 3.63) is 36.5 Å². The summed E-state index contributed by atoms with van der Waals surface area (Å²) in [5, 5.41) is 23.0. The quantitative estimate of drug-likeness (QED) is 0.0321. The van der Waals surface area contributed by atoms with Gasteiger partial charge in [0.1, 0.15) is 0 Å². The van der Waals surface area contributed by atoms with Crippen molar-refractivity contribution in [1.82, 2.24) is 5.32 Å². The minimum absolute atomic E-state index is 0.00169. The average molecular weight is 901 g/mol. The van der Waals surface area contributed by atoms with Crippen LogP contribution in [0.4, 0.5) is 0 Å². The number of hydrogen-bond acceptors (Lipinski definition) is 5. The van der Waals surface area contributed by atoms with Crippen LogP contribution in [0, 0.1) is 0 Å². The number of nitrogens with one attached hydrogen (secondary N) is 1. The lowest BCUT2D eigenvalue weighted by atomic mass is 10.0. The zero-order valence-corrected chi connectivity index (χ0v) is 42.8. The van der Waals surface area contributed by atoms with Gasteiger partial charge in [-0.1, -0.05) is 256 Å². The van der Waals surface area contributed by atoms with E-state index in [1.54, 1.807) is 6.08 Å². The normalized spacial score (nSPS) is 12.9. The van der Waals surface area contributed by atoms with Gasteiger partial charge in [0, 0.05) is 12.8 Å². The van der Waals surface area contributed by atoms with Gasteiger partial charge < -0.3 is 20.3 Å². The number of amides is 1. The Morgan fingerprint density at radius 1 is 0.438 bits per heavy atom. The van der Waals surface area contributed by atoms with Crippen molar-refractivity contribution in [2.75, 3.05) is 13.2 Å². The Balaban J connectivity index is 3.39. The van der Waals surface area contributed by atoms with Crippen LogP contribution >= 0.6 is 0 Å². The average Bonchev–Trinajstić information content (AvgIpc) is 3.29. The van der Waals surface area contributed by atoms with Gasteiger partial charge in [-0.15, -0.1) is 0 Å². The van der Waals surface area contributed by atoms with Crippen molar-refractivity contribution in [2.24, 2.45) is 0 Å². The number of aliphatic hydroxyl groups excluding tert-OH is 2. The van der Waals surface area contributed by atoms with Gasteiger partial charge >= 0.3 is 5.97 Å². The molecule has 0 bridgehead atoms. The molecule has 0 aliphatic carbocycles. The summed E-state index contributed by atoms with van der Waals surface area (Å²) in [5.41, 5.74) is 0. The first-order valence-electron chi connectivity index (χ1n) is 28.3. The van der Waals surface area contributed by atoms with Crippen LogP contribution in [-0.2, 0) is 14.3 Å². The Labute approximate surface area is 398 Å². The summed E-state index contributed by atoms with van der Waals surface area (Å²) < 4.78 is 5.48. The lowest BCUT2D eigenvalue weighted by molar-refractivity contribution is -0.143. The molecule has 6 nitrogen and oxygen atoms in total. The second kappa shape index (κ2) is 53.7. The predicted octanol–water partition coefficient (Wildman–Crippen LogP) is 17.2. The fraction of sp³-hybridized carbons (Fsp3) is 0.862. The minimum atomic E-state index is -0.844. The molecule has 3 N–H and O–H groups in total. The van der Waals surface area contributed by atoms with Crippen molar-refractivity contribution in [1.29, 1.82) is 0 Å². The molecule has 0 rings (SSSR count). The number of unbranched alkanes of at least 4 members (excludes halogenated alkanes) is 37. The Hall–Kier alpha value is -1.92. The van der Waals surface area contributed by atoms with E-state index in [2.05, 4.69) is 43.5 Å². The van der Waals surface area contributed by atoms with Crippen LogP contribution < -0.4 is 5.32 Å². The lowest BCUT2D eigenvalue weighted by Gasteiger charge is -2.20. The maximum Gasteiger partial charge on any atom is 0.305 e. The van der Waals surface area contributed by atoms with Gasteiger partial charge in [-0.2, -0.15) is 0 Å². The molecule has 1 amide bonds. The molecule has 0 aliphatic heterocycles. The predicted molar refractivity (Wildman–Crippen MR) is 278 cm³/mol. The van der Waals surface area contributed by atoms with Crippen LogP contribution in [0.3, 0.4) is 0 Å². The summed E-state index contributed by atoms with van der Waals surface area (Å²) in [4.78, 5) is 24.5. The first-order valence-corrected chi connectivity index (χ1v) is 28.3. The summed E-state index contributed by atoms with van der Waals surface area (Å²) in [6, 6.07) is -0.628. The van der Waals surface area contributed by atoms with Crippen molar-refractivity contribution >= 4 is 11.9 Å². The minimum Gasteiger partial charge on any atom is -0.466 e. The third-order valence-electron chi connectivity index (χ3n) is 12.9. The highest BCUT2D eigenvalue weighted by molar-refractivity contribution is 5.76. The maximum absolute atomic E-state index is 12.4. The molecule has 376 valence electrons. The molecule has 0 heterocycles. The molecule has 0 radical (unpaired) electrons. The molecule has 0 aromatic heterocycles. The van der Waals surface area contributed by atoms with Gasteiger partial charge in [0.15, 0.2) is 0 Å². The van der Waals surface area contributed by atoms with Crippen molar-refractivity contribution in [3.8, 4) is 0 Å². The van der Waals surface area contributed by atoms with Gasteiger partial charge in [-0.25, -0.2) is 0 Å². The summed E-state index contributed by atoms with van der Waals surface area (Å²) in [6.07, 6.45) is 65.9. The highest BCUT2D eigenvalue weighted by Crippen LogP contribution is 2.16. The second-order valence-electron chi connectivity index (χ2n) is 19.3. The number of carbonyl (C=O) groups excluding carboxylic acids is 2. The van der Waals surface area contributed by atoms with E-state index < -0.39 is 12.1 Å². The molecule has 0 aromatic carbocycles. The van der Waals surface area contributed by atoms with Crippen LogP contribution in [0.25, 0.3) is 0 Å². The Morgan fingerprint density at radius 2 is 0.781 bits per heavy atom. The SMILES string of the molecule is CCCCC/C=C\C/C=C\CCCCCCCCCC(=O)OCCCCCCCCCCCCCCCCCCCCCCC(=O)NC(CO)C(O)/C=C/CCCCCCCCCC. The fourth-order valence-corrected chi connectivity index (χ4v) is 8.55. The van der Waals surface area contributed by atoms with E-state index in [0.717, 1.165) is 51.4 Å². The van der Waals surface area contributed by atoms with Gasteiger partial charge in [0.2, 0.25) is 5.91 Å². The van der Waals surface area contributed by atoms with E-state index in [4.69, 9.17) is 4.74 Å².